The van der Waals surface area contributed by atoms with Gasteiger partial charge in [0.25, 0.3) is 0 Å². The SMILES string of the molecule is [2H]C1C([2H])N(C(C)(C)C)C([2H])CN1C(C)C. The molecule has 0 bridgehead atoms. The lowest BCUT2D eigenvalue weighted by Crippen LogP contribution is -2.54. The molecule has 0 aliphatic carbocycles. The maximum Gasteiger partial charge on any atom is 0.0444 e. The minimum absolute atomic E-state index is 0.221. The Hall–Kier alpha value is -0.0800. The Morgan fingerprint density at radius 2 is 1.77 bits per heavy atom. The van der Waals surface area contributed by atoms with Crippen molar-refractivity contribution in [2.24, 2.45) is 0 Å². The lowest BCUT2D eigenvalue weighted by molar-refractivity contribution is 0.0491. The van der Waals surface area contributed by atoms with E-state index in [0.29, 0.717) is 6.54 Å². The van der Waals surface area contributed by atoms with E-state index >= 15 is 0 Å². The van der Waals surface area contributed by atoms with E-state index in [2.05, 4.69) is 0 Å². The Balaban J connectivity index is 2.88. The molecule has 0 amide bonds. The molecule has 1 aliphatic heterocycles. The van der Waals surface area contributed by atoms with Crippen molar-refractivity contribution in [2.75, 3.05) is 26.1 Å². The summed E-state index contributed by atoms with van der Waals surface area (Å²) in [5.41, 5.74) is -0.221. The van der Waals surface area contributed by atoms with Gasteiger partial charge in [0, 0.05) is 41.8 Å². The Labute approximate surface area is 87.1 Å². The van der Waals surface area contributed by atoms with Gasteiger partial charge in [-0.25, -0.2) is 0 Å². The molecule has 3 unspecified atom stereocenters. The molecule has 0 N–H and O–H groups in total. The van der Waals surface area contributed by atoms with Gasteiger partial charge < -0.3 is 0 Å². The average molecular weight is 187 g/mol. The molecule has 78 valence electrons. The fourth-order valence-electron chi connectivity index (χ4n) is 1.34. The quantitative estimate of drug-likeness (QED) is 0.618. The van der Waals surface area contributed by atoms with Crippen LogP contribution >= 0.6 is 0 Å². The summed E-state index contributed by atoms with van der Waals surface area (Å²) in [6.07, 6.45) is 0. The average Bonchev–Trinajstić information content (AvgIpc) is 2.08. The first-order chi connectivity index (χ1) is 7.16. The summed E-state index contributed by atoms with van der Waals surface area (Å²) in [5.74, 6) is 0. The molecule has 2 nitrogen and oxygen atoms in total. The van der Waals surface area contributed by atoms with Crippen LogP contribution in [0.25, 0.3) is 0 Å². The topological polar surface area (TPSA) is 6.48 Å². The van der Waals surface area contributed by atoms with Crippen molar-refractivity contribution in [3.05, 3.63) is 0 Å². The second kappa shape index (κ2) is 3.97. The smallest absolute Gasteiger partial charge is 0.0444 e. The summed E-state index contributed by atoms with van der Waals surface area (Å²) in [6, 6.07) is 0.227. The van der Waals surface area contributed by atoms with Gasteiger partial charge in [-0.2, -0.15) is 0 Å². The molecule has 3 atom stereocenters. The lowest BCUT2D eigenvalue weighted by atomic mass is 10.0. The monoisotopic (exact) mass is 187 g/mol. The van der Waals surface area contributed by atoms with Gasteiger partial charge in [0.05, 0.1) is 0 Å². The second-order valence-electron chi connectivity index (χ2n) is 4.85. The van der Waals surface area contributed by atoms with Crippen molar-refractivity contribution in [3.63, 3.8) is 0 Å². The minimum atomic E-state index is -0.640. The van der Waals surface area contributed by atoms with E-state index < -0.39 is 19.6 Å². The summed E-state index contributed by atoms with van der Waals surface area (Å²) >= 11 is 0. The molecule has 1 aliphatic rings. The zero-order valence-electron chi connectivity index (χ0n) is 12.4. The second-order valence-corrected chi connectivity index (χ2v) is 4.85. The first-order valence-electron chi connectivity index (χ1n) is 6.70. The predicted molar refractivity (Wildman–Crippen MR) is 58.0 cm³/mol. The van der Waals surface area contributed by atoms with Crippen LogP contribution in [-0.2, 0) is 0 Å². The van der Waals surface area contributed by atoms with Crippen molar-refractivity contribution in [2.45, 2.75) is 46.2 Å². The van der Waals surface area contributed by atoms with E-state index in [4.69, 9.17) is 4.11 Å². The molecule has 0 aromatic rings. The van der Waals surface area contributed by atoms with E-state index in [1.54, 1.807) is 0 Å². The third-order valence-corrected chi connectivity index (χ3v) is 2.35. The van der Waals surface area contributed by atoms with Crippen molar-refractivity contribution >= 4 is 0 Å². The molecule has 1 heterocycles. The Bertz CT molecular complexity index is 240. The summed E-state index contributed by atoms with van der Waals surface area (Å²) in [4.78, 5) is 3.75. The fourth-order valence-corrected chi connectivity index (χ4v) is 1.34. The van der Waals surface area contributed by atoms with Crippen LogP contribution in [-0.4, -0.2) is 47.5 Å². The zero-order chi connectivity index (χ0) is 12.7. The van der Waals surface area contributed by atoms with Crippen molar-refractivity contribution in [3.8, 4) is 0 Å². The summed E-state index contributed by atoms with van der Waals surface area (Å²) in [5, 5.41) is 0. The third-order valence-electron chi connectivity index (χ3n) is 2.35. The highest BCUT2D eigenvalue weighted by molar-refractivity contribution is 4.82. The highest BCUT2D eigenvalue weighted by Gasteiger charge is 2.26. The van der Waals surface area contributed by atoms with Crippen LogP contribution in [0.4, 0.5) is 0 Å². The molecule has 1 saturated heterocycles. The van der Waals surface area contributed by atoms with Gasteiger partial charge in [-0.1, -0.05) is 0 Å². The highest BCUT2D eigenvalue weighted by Crippen LogP contribution is 2.16. The third kappa shape index (κ3) is 2.96. The number of hydrogen-bond acceptors (Lipinski definition) is 2. The van der Waals surface area contributed by atoms with Crippen molar-refractivity contribution < 1.29 is 4.11 Å². The molecule has 2 heteroatoms. The van der Waals surface area contributed by atoms with E-state index in [1.807, 2.05) is 44.4 Å². The molecular formula is C11H24N2. The normalized spacial score (nSPS) is 42.9. The Morgan fingerprint density at radius 1 is 1.15 bits per heavy atom. The standard InChI is InChI=1S/C11H24N2/c1-10(2)12-6-8-13(9-7-12)11(3,4)5/h10H,6-9H2,1-5H3/i6D,8D,9D. The van der Waals surface area contributed by atoms with E-state index in [1.165, 1.54) is 0 Å². The summed E-state index contributed by atoms with van der Waals surface area (Å²) in [6.45, 7) is 9.01. The largest absolute Gasteiger partial charge is 0.298 e. The van der Waals surface area contributed by atoms with E-state index in [-0.39, 0.29) is 11.6 Å². The molecule has 0 aromatic carbocycles. The first kappa shape index (κ1) is 7.24. The maximum absolute atomic E-state index is 8.12. The van der Waals surface area contributed by atoms with E-state index in [9.17, 15) is 0 Å². The van der Waals surface area contributed by atoms with Crippen LogP contribution in [0.15, 0.2) is 0 Å². The van der Waals surface area contributed by atoms with Crippen LogP contribution in [0.1, 0.15) is 38.7 Å². The fraction of sp³-hybridized carbons (Fsp3) is 1.00. The van der Waals surface area contributed by atoms with Crippen molar-refractivity contribution in [1.29, 1.82) is 0 Å². The highest BCUT2D eigenvalue weighted by atomic mass is 15.3. The van der Waals surface area contributed by atoms with Crippen LogP contribution < -0.4 is 0 Å². The molecule has 0 saturated carbocycles. The Morgan fingerprint density at radius 3 is 2.23 bits per heavy atom. The molecule has 0 radical (unpaired) electrons. The summed E-state index contributed by atoms with van der Waals surface area (Å²) in [7, 11) is 0. The first-order valence-corrected chi connectivity index (χ1v) is 4.97. The summed E-state index contributed by atoms with van der Waals surface area (Å²) < 4.78 is 24.3. The molecule has 0 aromatic heterocycles. The van der Waals surface area contributed by atoms with E-state index in [0.717, 1.165) is 0 Å². The van der Waals surface area contributed by atoms with Gasteiger partial charge in [-0.05, 0) is 34.6 Å². The molecule has 0 spiro atoms. The van der Waals surface area contributed by atoms with Gasteiger partial charge in [0.2, 0.25) is 0 Å². The van der Waals surface area contributed by atoms with Crippen molar-refractivity contribution in [1.82, 2.24) is 9.80 Å². The predicted octanol–water partition coefficient (Wildman–Crippen LogP) is 1.81. The van der Waals surface area contributed by atoms with Crippen LogP contribution in [0, 0.1) is 0 Å². The maximum atomic E-state index is 8.12. The lowest BCUT2D eigenvalue weighted by Gasteiger charge is -2.43. The van der Waals surface area contributed by atoms with Gasteiger partial charge in [-0.3, -0.25) is 9.80 Å². The van der Waals surface area contributed by atoms with Gasteiger partial charge >= 0.3 is 0 Å². The van der Waals surface area contributed by atoms with Gasteiger partial charge in [0.1, 0.15) is 0 Å². The van der Waals surface area contributed by atoms with Crippen LogP contribution in [0.3, 0.4) is 0 Å². The molecular weight excluding hydrogens is 160 g/mol. The zero-order valence-corrected chi connectivity index (χ0v) is 9.41. The van der Waals surface area contributed by atoms with Gasteiger partial charge in [-0.15, -0.1) is 0 Å². The molecule has 13 heavy (non-hydrogen) atoms. The van der Waals surface area contributed by atoms with Crippen LogP contribution in [0.5, 0.6) is 0 Å². The number of rotatable bonds is 1. The van der Waals surface area contributed by atoms with Crippen LogP contribution in [0.2, 0.25) is 0 Å². The minimum Gasteiger partial charge on any atom is -0.298 e. The number of hydrogen-bond donors (Lipinski definition) is 0. The number of nitrogens with zero attached hydrogens (tertiary/aromatic N) is 2. The molecule has 1 fully saturated rings. The molecule has 1 rings (SSSR count). The number of piperazine rings is 1. The Kier molecular flexibility index (Phi) is 2.21. The van der Waals surface area contributed by atoms with Gasteiger partial charge in [0.15, 0.2) is 0 Å².